The predicted octanol–water partition coefficient (Wildman–Crippen LogP) is 3.03. The minimum atomic E-state index is -1.15. The van der Waals surface area contributed by atoms with Crippen LogP contribution in [-0.4, -0.2) is 66.6 Å². The van der Waals surface area contributed by atoms with E-state index in [1.54, 1.807) is 30.0 Å². The highest BCUT2D eigenvalue weighted by Gasteiger charge is 2.45. The summed E-state index contributed by atoms with van der Waals surface area (Å²) in [5.41, 5.74) is 0.256. The third kappa shape index (κ3) is 4.30. The Hall–Kier alpha value is -2.57. The van der Waals surface area contributed by atoms with Gasteiger partial charge in [0.25, 0.3) is 5.91 Å². The zero-order valence-corrected chi connectivity index (χ0v) is 17.7. The molecule has 1 saturated heterocycles. The van der Waals surface area contributed by atoms with Gasteiger partial charge in [0.15, 0.2) is 5.60 Å². The molecule has 0 aromatic heterocycles. The Morgan fingerprint density at radius 3 is 2.57 bits per heavy atom. The molecule has 2 aromatic rings. The monoisotopic (exact) mass is 428 g/mol. The summed E-state index contributed by atoms with van der Waals surface area (Å²) in [6.45, 7) is 5.69. The van der Waals surface area contributed by atoms with Crippen molar-refractivity contribution in [2.24, 2.45) is 0 Å². The lowest BCUT2D eigenvalue weighted by molar-refractivity contribution is -0.153. The van der Waals surface area contributed by atoms with Gasteiger partial charge in [0.1, 0.15) is 12.4 Å². The van der Waals surface area contributed by atoms with Crippen molar-refractivity contribution in [1.82, 2.24) is 9.80 Å². The third-order valence-electron chi connectivity index (χ3n) is 5.70. The van der Waals surface area contributed by atoms with Gasteiger partial charge in [-0.3, -0.25) is 9.69 Å². The Labute approximate surface area is 181 Å². The minimum absolute atomic E-state index is 0.127. The number of cyclic esters (lactones) is 1. The van der Waals surface area contributed by atoms with Gasteiger partial charge in [-0.15, -0.1) is 0 Å². The van der Waals surface area contributed by atoms with Crippen LogP contribution in [0.25, 0.3) is 0 Å². The Morgan fingerprint density at radius 2 is 1.80 bits per heavy atom. The van der Waals surface area contributed by atoms with E-state index in [1.807, 2.05) is 30.3 Å². The summed E-state index contributed by atoms with van der Waals surface area (Å²) in [5.74, 6) is 0.126. The van der Waals surface area contributed by atoms with Gasteiger partial charge in [0.2, 0.25) is 0 Å². The molecule has 2 aromatic carbocycles. The van der Waals surface area contributed by atoms with E-state index in [0.29, 0.717) is 42.5 Å². The van der Waals surface area contributed by atoms with Crippen LogP contribution in [0.15, 0.2) is 48.5 Å². The number of hydrogen-bond acceptors (Lipinski definition) is 5. The molecule has 7 heteroatoms. The van der Waals surface area contributed by atoms with E-state index in [1.165, 1.54) is 0 Å². The van der Waals surface area contributed by atoms with Crippen molar-refractivity contribution in [3.05, 3.63) is 64.7 Å². The van der Waals surface area contributed by atoms with E-state index in [2.05, 4.69) is 4.90 Å². The number of ether oxygens (including phenoxy) is 2. The molecule has 158 valence electrons. The molecule has 2 aliphatic heterocycles. The maximum atomic E-state index is 13.2. The van der Waals surface area contributed by atoms with Crippen LogP contribution in [0.4, 0.5) is 0 Å². The van der Waals surface area contributed by atoms with Gasteiger partial charge in [0.05, 0.1) is 10.6 Å². The molecule has 2 heterocycles. The number of rotatable bonds is 5. The summed E-state index contributed by atoms with van der Waals surface area (Å²) in [6.07, 6.45) is 0.402. The number of halogens is 1. The number of nitrogens with zero attached hydrogens (tertiary/aromatic N) is 2. The molecule has 1 atom stereocenters. The first-order valence-electron chi connectivity index (χ1n) is 10.2. The molecule has 0 saturated carbocycles. The van der Waals surface area contributed by atoms with E-state index in [-0.39, 0.29) is 5.91 Å². The smallest absolute Gasteiger partial charge is 0.339 e. The number of fused-ring (bicyclic) bond motifs is 1. The molecule has 0 N–H and O–H groups in total. The molecule has 2 aliphatic rings. The standard InChI is InChI=1S/C23H25ClN2O4/c1-23(16-17-6-2-3-7-18(17)21(27)30-23)22(28)26-12-10-25(11-13-26)14-15-29-20-9-5-4-8-19(20)24/h2-9H,10-16H2,1H3. The van der Waals surface area contributed by atoms with Crippen molar-refractivity contribution in [3.8, 4) is 5.75 Å². The van der Waals surface area contributed by atoms with Crippen LogP contribution < -0.4 is 4.74 Å². The van der Waals surface area contributed by atoms with Gasteiger partial charge in [-0.2, -0.15) is 0 Å². The molecule has 0 aliphatic carbocycles. The molecular weight excluding hydrogens is 404 g/mol. The van der Waals surface area contributed by atoms with Crippen LogP contribution in [0.1, 0.15) is 22.8 Å². The van der Waals surface area contributed by atoms with E-state index in [0.717, 1.165) is 25.2 Å². The summed E-state index contributed by atoms with van der Waals surface area (Å²) in [4.78, 5) is 29.6. The molecule has 0 radical (unpaired) electrons. The highest BCUT2D eigenvalue weighted by Crippen LogP contribution is 2.30. The van der Waals surface area contributed by atoms with Crippen molar-refractivity contribution in [2.45, 2.75) is 18.9 Å². The molecule has 30 heavy (non-hydrogen) atoms. The van der Waals surface area contributed by atoms with Crippen molar-refractivity contribution in [1.29, 1.82) is 0 Å². The molecule has 6 nitrogen and oxygen atoms in total. The fourth-order valence-electron chi connectivity index (χ4n) is 4.01. The van der Waals surface area contributed by atoms with Gasteiger partial charge >= 0.3 is 5.97 Å². The number of hydrogen-bond donors (Lipinski definition) is 0. The molecule has 1 amide bonds. The molecule has 1 unspecified atom stereocenters. The zero-order valence-electron chi connectivity index (χ0n) is 17.0. The van der Waals surface area contributed by atoms with Crippen LogP contribution in [-0.2, 0) is 16.0 Å². The quantitative estimate of drug-likeness (QED) is 0.685. The average Bonchev–Trinajstić information content (AvgIpc) is 2.75. The molecule has 0 bridgehead atoms. The second-order valence-electron chi connectivity index (χ2n) is 7.87. The molecule has 0 spiro atoms. The second-order valence-corrected chi connectivity index (χ2v) is 8.27. The number of esters is 1. The first-order valence-corrected chi connectivity index (χ1v) is 10.5. The Kier molecular flexibility index (Phi) is 5.97. The van der Waals surface area contributed by atoms with Crippen LogP contribution in [0.3, 0.4) is 0 Å². The van der Waals surface area contributed by atoms with Crippen LogP contribution in [0.5, 0.6) is 5.75 Å². The van der Waals surface area contributed by atoms with Crippen molar-refractivity contribution in [3.63, 3.8) is 0 Å². The zero-order chi connectivity index (χ0) is 21.1. The minimum Gasteiger partial charge on any atom is -0.491 e. The highest BCUT2D eigenvalue weighted by molar-refractivity contribution is 6.32. The lowest BCUT2D eigenvalue weighted by Gasteiger charge is -2.40. The van der Waals surface area contributed by atoms with E-state index in [9.17, 15) is 9.59 Å². The van der Waals surface area contributed by atoms with E-state index >= 15 is 0 Å². The number of benzene rings is 2. The van der Waals surface area contributed by atoms with Crippen LogP contribution in [0.2, 0.25) is 5.02 Å². The second kappa shape index (κ2) is 8.66. The number of piperazine rings is 1. The molecular formula is C23H25ClN2O4. The van der Waals surface area contributed by atoms with E-state index < -0.39 is 11.6 Å². The summed E-state index contributed by atoms with van der Waals surface area (Å²) in [7, 11) is 0. The Balaban J connectivity index is 1.29. The van der Waals surface area contributed by atoms with Gasteiger partial charge in [-0.25, -0.2) is 4.79 Å². The van der Waals surface area contributed by atoms with E-state index in [4.69, 9.17) is 21.1 Å². The fourth-order valence-corrected chi connectivity index (χ4v) is 4.20. The number of carbonyl (C=O) groups excluding carboxylic acids is 2. The first kappa shape index (κ1) is 20.7. The van der Waals surface area contributed by atoms with Crippen molar-refractivity contribution in [2.75, 3.05) is 39.3 Å². The largest absolute Gasteiger partial charge is 0.491 e. The maximum Gasteiger partial charge on any atom is 0.339 e. The Bertz CT molecular complexity index is 942. The number of amides is 1. The lowest BCUT2D eigenvalue weighted by Crippen LogP contribution is -2.58. The summed E-state index contributed by atoms with van der Waals surface area (Å²) >= 11 is 6.11. The summed E-state index contributed by atoms with van der Waals surface area (Å²) in [5, 5.41) is 0.602. The fraction of sp³-hybridized carbons (Fsp3) is 0.391. The topological polar surface area (TPSA) is 59.1 Å². The van der Waals surface area contributed by atoms with Gasteiger partial charge in [0, 0.05) is 39.1 Å². The Morgan fingerprint density at radius 1 is 1.10 bits per heavy atom. The molecule has 4 rings (SSSR count). The number of carbonyl (C=O) groups is 2. The summed E-state index contributed by atoms with van der Waals surface area (Å²) < 4.78 is 11.3. The van der Waals surface area contributed by atoms with Gasteiger partial charge in [-0.1, -0.05) is 41.9 Å². The third-order valence-corrected chi connectivity index (χ3v) is 6.01. The van der Waals surface area contributed by atoms with Gasteiger partial charge in [-0.05, 0) is 30.7 Å². The van der Waals surface area contributed by atoms with Crippen molar-refractivity contribution >= 4 is 23.5 Å². The lowest BCUT2D eigenvalue weighted by atomic mass is 9.88. The van der Waals surface area contributed by atoms with Crippen molar-refractivity contribution < 1.29 is 19.1 Å². The summed E-state index contributed by atoms with van der Waals surface area (Å²) in [6, 6.07) is 14.7. The first-order chi connectivity index (χ1) is 14.5. The highest BCUT2D eigenvalue weighted by atomic mass is 35.5. The van der Waals surface area contributed by atoms with Crippen LogP contribution in [0, 0.1) is 0 Å². The number of para-hydroxylation sites is 1. The van der Waals surface area contributed by atoms with Gasteiger partial charge < -0.3 is 14.4 Å². The average molecular weight is 429 g/mol. The maximum absolute atomic E-state index is 13.2. The predicted molar refractivity (Wildman–Crippen MR) is 114 cm³/mol. The van der Waals surface area contributed by atoms with Crippen LogP contribution >= 0.6 is 11.6 Å². The molecule has 1 fully saturated rings. The normalized spacial score (nSPS) is 21.7. The SMILES string of the molecule is CC1(C(=O)N2CCN(CCOc3ccccc3Cl)CC2)Cc2ccccc2C(=O)O1.